The van der Waals surface area contributed by atoms with E-state index in [0.717, 1.165) is 6.04 Å². The molecule has 0 saturated carbocycles. The molecule has 2 rings (SSSR count). The fourth-order valence-corrected chi connectivity index (χ4v) is 3.08. The van der Waals surface area contributed by atoms with Crippen molar-refractivity contribution < 1.29 is 0 Å². The highest BCUT2D eigenvalue weighted by Gasteiger charge is 2.48. The molecule has 0 bridgehead atoms. The molecule has 1 spiro atoms. The molecule has 0 radical (unpaired) electrons. The summed E-state index contributed by atoms with van der Waals surface area (Å²) in [7, 11) is 0. The Hall–Kier alpha value is -0.0800. The Kier molecular flexibility index (Phi) is 2.85. The van der Waals surface area contributed by atoms with E-state index >= 15 is 0 Å². The fraction of sp³-hybridized carbons (Fsp3) is 1.00. The van der Waals surface area contributed by atoms with Gasteiger partial charge in [0.15, 0.2) is 0 Å². The molecule has 0 aromatic carbocycles. The van der Waals surface area contributed by atoms with Crippen LogP contribution in [0.25, 0.3) is 0 Å². The molecule has 0 atom stereocenters. The quantitative estimate of drug-likeness (QED) is 0.666. The molecular weight excluding hydrogens is 172 g/mol. The smallest absolute Gasteiger partial charge is 0.0463 e. The Balaban J connectivity index is 1.96. The lowest BCUT2D eigenvalue weighted by Gasteiger charge is -2.59. The summed E-state index contributed by atoms with van der Waals surface area (Å²) in [6, 6.07) is 0.737. The van der Waals surface area contributed by atoms with Crippen LogP contribution in [0.15, 0.2) is 0 Å². The normalized spacial score (nSPS) is 28.3. The van der Waals surface area contributed by atoms with Gasteiger partial charge in [-0.2, -0.15) is 0 Å². The van der Waals surface area contributed by atoms with Crippen LogP contribution in [0.1, 0.15) is 40.0 Å². The van der Waals surface area contributed by atoms with Crippen molar-refractivity contribution in [2.24, 2.45) is 0 Å². The molecule has 0 aromatic rings. The van der Waals surface area contributed by atoms with Crippen LogP contribution in [-0.4, -0.2) is 47.6 Å². The second-order valence-electron chi connectivity index (χ2n) is 5.26. The highest BCUT2D eigenvalue weighted by atomic mass is 15.4. The summed E-state index contributed by atoms with van der Waals surface area (Å²) in [5, 5.41) is 0. The Labute approximate surface area is 88.3 Å². The van der Waals surface area contributed by atoms with Crippen LogP contribution in [0.5, 0.6) is 0 Å². The van der Waals surface area contributed by atoms with Gasteiger partial charge in [-0.1, -0.05) is 13.3 Å². The number of hydrogen-bond acceptors (Lipinski definition) is 2. The van der Waals surface area contributed by atoms with Gasteiger partial charge in [0.1, 0.15) is 0 Å². The van der Waals surface area contributed by atoms with E-state index in [1.807, 2.05) is 0 Å². The summed E-state index contributed by atoms with van der Waals surface area (Å²) in [6.45, 7) is 12.1. The molecule has 2 heteroatoms. The van der Waals surface area contributed by atoms with Crippen LogP contribution in [0.2, 0.25) is 0 Å². The SMILES string of the molecule is CCN1CCCCC12CN(C(C)C)C2. The molecule has 2 nitrogen and oxygen atoms in total. The van der Waals surface area contributed by atoms with Crippen LogP contribution < -0.4 is 0 Å². The van der Waals surface area contributed by atoms with Crippen LogP contribution in [0.4, 0.5) is 0 Å². The average Bonchev–Trinajstić information content (AvgIpc) is 2.13. The van der Waals surface area contributed by atoms with Gasteiger partial charge in [-0.25, -0.2) is 0 Å². The number of likely N-dealkylation sites (N-methyl/N-ethyl adjacent to an activating group) is 1. The Bertz CT molecular complexity index is 194. The van der Waals surface area contributed by atoms with Crippen molar-refractivity contribution in [1.29, 1.82) is 0 Å². The molecule has 2 aliphatic heterocycles. The van der Waals surface area contributed by atoms with E-state index in [4.69, 9.17) is 0 Å². The Morgan fingerprint density at radius 2 is 1.93 bits per heavy atom. The molecule has 0 N–H and O–H groups in total. The summed E-state index contributed by atoms with van der Waals surface area (Å²) >= 11 is 0. The minimum Gasteiger partial charge on any atom is -0.297 e. The minimum atomic E-state index is 0.581. The zero-order chi connectivity index (χ0) is 10.2. The largest absolute Gasteiger partial charge is 0.297 e. The van der Waals surface area contributed by atoms with Gasteiger partial charge in [-0.3, -0.25) is 9.80 Å². The summed E-state index contributed by atoms with van der Waals surface area (Å²) in [4.78, 5) is 5.32. The second-order valence-corrected chi connectivity index (χ2v) is 5.26. The highest BCUT2D eigenvalue weighted by molar-refractivity contribution is 5.06. The van der Waals surface area contributed by atoms with Crippen molar-refractivity contribution in [3.05, 3.63) is 0 Å². The van der Waals surface area contributed by atoms with Crippen molar-refractivity contribution in [2.45, 2.75) is 51.6 Å². The summed E-state index contributed by atoms with van der Waals surface area (Å²) in [5.74, 6) is 0. The summed E-state index contributed by atoms with van der Waals surface area (Å²) in [5.41, 5.74) is 0.581. The van der Waals surface area contributed by atoms with Gasteiger partial charge < -0.3 is 0 Å². The Morgan fingerprint density at radius 3 is 2.50 bits per heavy atom. The lowest BCUT2D eigenvalue weighted by Crippen LogP contribution is -2.72. The third kappa shape index (κ3) is 1.59. The summed E-state index contributed by atoms with van der Waals surface area (Å²) in [6.07, 6.45) is 4.30. The predicted octanol–water partition coefficient (Wildman–Crippen LogP) is 1.96. The molecule has 2 fully saturated rings. The van der Waals surface area contributed by atoms with Gasteiger partial charge in [-0.15, -0.1) is 0 Å². The van der Waals surface area contributed by atoms with Crippen molar-refractivity contribution in [3.8, 4) is 0 Å². The molecule has 0 aliphatic carbocycles. The van der Waals surface area contributed by atoms with Crippen LogP contribution in [0, 0.1) is 0 Å². The number of nitrogens with zero attached hydrogens (tertiary/aromatic N) is 2. The number of piperidine rings is 1. The van der Waals surface area contributed by atoms with E-state index in [0.29, 0.717) is 5.54 Å². The minimum absolute atomic E-state index is 0.581. The lowest BCUT2D eigenvalue weighted by molar-refractivity contribution is -0.0875. The van der Waals surface area contributed by atoms with Gasteiger partial charge in [0.25, 0.3) is 0 Å². The lowest BCUT2D eigenvalue weighted by atomic mass is 9.79. The topological polar surface area (TPSA) is 6.48 Å². The van der Waals surface area contributed by atoms with E-state index in [9.17, 15) is 0 Å². The third-order valence-corrected chi connectivity index (χ3v) is 4.10. The number of likely N-dealkylation sites (tertiary alicyclic amines) is 2. The van der Waals surface area contributed by atoms with E-state index in [2.05, 4.69) is 30.6 Å². The first-order valence-electron chi connectivity index (χ1n) is 6.17. The molecule has 0 unspecified atom stereocenters. The van der Waals surface area contributed by atoms with Gasteiger partial charge in [0.05, 0.1) is 0 Å². The van der Waals surface area contributed by atoms with Crippen LogP contribution >= 0.6 is 0 Å². The first kappa shape index (κ1) is 10.4. The average molecular weight is 196 g/mol. The van der Waals surface area contributed by atoms with Gasteiger partial charge in [0.2, 0.25) is 0 Å². The van der Waals surface area contributed by atoms with Gasteiger partial charge in [-0.05, 0) is 39.8 Å². The summed E-state index contributed by atoms with van der Waals surface area (Å²) < 4.78 is 0. The second kappa shape index (κ2) is 3.82. The molecule has 82 valence electrons. The monoisotopic (exact) mass is 196 g/mol. The fourth-order valence-electron chi connectivity index (χ4n) is 3.08. The predicted molar refractivity (Wildman–Crippen MR) is 60.5 cm³/mol. The van der Waals surface area contributed by atoms with Crippen LogP contribution in [0.3, 0.4) is 0 Å². The maximum atomic E-state index is 2.72. The van der Waals surface area contributed by atoms with Crippen molar-refractivity contribution in [1.82, 2.24) is 9.80 Å². The molecular formula is C12H24N2. The van der Waals surface area contributed by atoms with Gasteiger partial charge in [0, 0.05) is 24.7 Å². The zero-order valence-electron chi connectivity index (χ0n) is 9.92. The molecule has 2 saturated heterocycles. The van der Waals surface area contributed by atoms with E-state index in [-0.39, 0.29) is 0 Å². The molecule has 0 amide bonds. The van der Waals surface area contributed by atoms with Crippen molar-refractivity contribution in [3.63, 3.8) is 0 Å². The number of rotatable bonds is 2. The van der Waals surface area contributed by atoms with E-state index < -0.39 is 0 Å². The zero-order valence-corrected chi connectivity index (χ0v) is 9.92. The first-order valence-corrected chi connectivity index (χ1v) is 6.17. The molecule has 0 aromatic heterocycles. The molecule has 14 heavy (non-hydrogen) atoms. The Morgan fingerprint density at radius 1 is 1.21 bits per heavy atom. The van der Waals surface area contributed by atoms with Gasteiger partial charge >= 0.3 is 0 Å². The van der Waals surface area contributed by atoms with Crippen molar-refractivity contribution in [2.75, 3.05) is 26.2 Å². The van der Waals surface area contributed by atoms with E-state index in [1.165, 1.54) is 45.4 Å². The third-order valence-electron chi connectivity index (χ3n) is 4.10. The van der Waals surface area contributed by atoms with Crippen LogP contribution in [-0.2, 0) is 0 Å². The number of hydrogen-bond donors (Lipinski definition) is 0. The van der Waals surface area contributed by atoms with Crippen molar-refractivity contribution >= 4 is 0 Å². The maximum Gasteiger partial charge on any atom is 0.0463 e. The maximum absolute atomic E-state index is 2.72. The standard InChI is InChI=1S/C12H24N2/c1-4-14-8-6-5-7-12(14)9-13(10-12)11(2)3/h11H,4-10H2,1-3H3. The van der Waals surface area contributed by atoms with E-state index in [1.54, 1.807) is 0 Å². The highest BCUT2D eigenvalue weighted by Crippen LogP contribution is 2.37. The molecule has 2 heterocycles. The molecule has 2 aliphatic rings. The first-order chi connectivity index (χ1) is 6.68.